The number of aromatic amines is 1. The summed E-state index contributed by atoms with van der Waals surface area (Å²) in [7, 11) is 0. The van der Waals surface area contributed by atoms with E-state index in [0.29, 0.717) is 23.5 Å². The van der Waals surface area contributed by atoms with Crippen LogP contribution in [0.25, 0.3) is 0 Å². The van der Waals surface area contributed by atoms with Crippen molar-refractivity contribution in [2.75, 3.05) is 12.3 Å². The van der Waals surface area contributed by atoms with E-state index in [4.69, 9.17) is 5.73 Å². The SMILES string of the molecule is CCN(Cc1ccc(F)c(F)c1)C(=O)c1cc(N)c[nH]1. The summed E-state index contributed by atoms with van der Waals surface area (Å²) in [6, 6.07) is 5.14. The first-order valence-electron chi connectivity index (χ1n) is 6.18. The number of H-pyrrole nitrogens is 1. The van der Waals surface area contributed by atoms with Gasteiger partial charge in [-0.2, -0.15) is 0 Å². The number of anilines is 1. The average Bonchev–Trinajstić information content (AvgIpc) is 2.86. The topological polar surface area (TPSA) is 62.1 Å². The van der Waals surface area contributed by atoms with Crippen molar-refractivity contribution in [1.82, 2.24) is 9.88 Å². The van der Waals surface area contributed by atoms with E-state index in [-0.39, 0.29) is 12.5 Å². The highest BCUT2D eigenvalue weighted by Crippen LogP contribution is 2.14. The summed E-state index contributed by atoms with van der Waals surface area (Å²) in [6.07, 6.45) is 1.53. The first kappa shape index (κ1) is 14.0. The number of nitrogens with one attached hydrogen (secondary N) is 1. The molecule has 106 valence electrons. The third-order valence-electron chi connectivity index (χ3n) is 2.96. The van der Waals surface area contributed by atoms with Crippen LogP contribution in [0.1, 0.15) is 23.0 Å². The smallest absolute Gasteiger partial charge is 0.270 e. The van der Waals surface area contributed by atoms with Crippen LogP contribution >= 0.6 is 0 Å². The normalized spacial score (nSPS) is 10.6. The number of halogens is 2. The number of hydrogen-bond donors (Lipinski definition) is 2. The lowest BCUT2D eigenvalue weighted by Gasteiger charge is -2.20. The molecule has 0 aliphatic heterocycles. The number of hydrogen-bond acceptors (Lipinski definition) is 2. The Bertz CT molecular complexity index is 625. The Morgan fingerprint density at radius 2 is 2.05 bits per heavy atom. The summed E-state index contributed by atoms with van der Waals surface area (Å²) in [6.45, 7) is 2.45. The molecule has 0 saturated carbocycles. The Hall–Kier alpha value is -2.37. The second kappa shape index (κ2) is 5.73. The fourth-order valence-corrected chi connectivity index (χ4v) is 1.89. The number of amides is 1. The zero-order valence-electron chi connectivity index (χ0n) is 11.0. The standard InChI is InChI=1S/C14H15F2N3O/c1-2-19(14(20)13-6-10(17)7-18-13)8-9-3-4-11(15)12(16)5-9/h3-7,18H,2,8,17H2,1H3. The molecule has 4 nitrogen and oxygen atoms in total. The summed E-state index contributed by atoms with van der Waals surface area (Å²) in [4.78, 5) is 16.5. The van der Waals surface area contributed by atoms with Crippen molar-refractivity contribution in [1.29, 1.82) is 0 Å². The van der Waals surface area contributed by atoms with Crippen molar-refractivity contribution in [3.63, 3.8) is 0 Å². The second-order valence-corrected chi connectivity index (χ2v) is 4.41. The highest BCUT2D eigenvalue weighted by molar-refractivity contribution is 5.93. The number of rotatable bonds is 4. The van der Waals surface area contributed by atoms with Crippen LogP contribution < -0.4 is 5.73 Å². The van der Waals surface area contributed by atoms with Crippen molar-refractivity contribution >= 4 is 11.6 Å². The molecule has 0 unspecified atom stereocenters. The molecule has 0 atom stereocenters. The Labute approximate surface area is 115 Å². The molecule has 20 heavy (non-hydrogen) atoms. The minimum absolute atomic E-state index is 0.200. The lowest BCUT2D eigenvalue weighted by atomic mass is 10.2. The maximum atomic E-state index is 13.2. The molecule has 0 radical (unpaired) electrons. The molecule has 1 amide bonds. The minimum atomic E-state index is -0.921. The van der Waals surface area contributed by atoms with E-state index in [0.717, 1.165) is 12.1 Å². The predicted molar refractivity (Wildman–Crippen MR) is 72.0 cm³/mol. The van der Waals surface area contributed by atoms with Crippen LogP contribution in [0.4, 0.5) is 14.5 Å². The number of nitrogen functional groups attached to an aromatic ring is 1. The lowest BCUT2D eigenvalue weighted by molar-refractivity contribution is 0.0747. The first-order valence-corrected chi connectivity index (χ1v) is 6.18. The van der Waals surface area contributed by atoms with Gasteiger partial charge in [0, 0.05) is 25.0 Å². The van der Waals surface area contributed by atoms with Crippen molar-refractivity contribution in [3.05, 3.63) is 53.4 Å². The van der Waals surface area contributed by atoms with E-state index in [1.165, 1.54) is 23.2 Å². The Kier molecular flexibility index (Phi) is 4.02. The molecule has 0 fully saturated rings. The van der Waals surface area contributed by atoms with Crippen LogP contribution in [0.15, 0.2) is 30.5 Å². The van der Waals surface area contributed by atoms with Crippen LogP contribution in [0, 0.1) is 11.6 Å². The average molecular weight is 279 g/mol. The van der Waals surface area contributed by atoms with Crippen LogP contribution in [0.3, 0.4) is 0 Å². The van der Waals surface area contributed by atoms with Crippen molar-refractivity contribution in [2.24, 2.45) is 0 Å². The van der Waals surface area contributed by atoms with Crippen molar-refractivity contribution < 1.29 is 13.6 Å². The van der Waals surface area contributed by atoms with Crippen LogP contribution in [-0.2, 0) is 6.54 Å². The van der Waals surface area contributed by atoms with Gasteiger partial charge in [-0.05, 0) is 30.7 Å². The number of nitrogens with two attached hydrogens (primary N) is 1. The van der Waals surface area contributed by atoms with E-state index in [9.17, 15) is 13.6 Å². The first-order chi connectivity index (χ1) is 9.51. The monoisotopic (exact) mass is 279 g/mol. The van der Waals surface area contributed by atoms with E-state index in [1.54, 1.807) is 0 Å². The maximum absolute atomic E-state index is 13.2. The molecule has 0 saturated heterocycles. The summed E-state index contributed by atoms with van der Waals surface area (Å²) in [5.74, 6) is -2.07. The number of aromatic nitrogens is 1. The fourth-order valence-electron chi connectivity index (χ4n) is 1.89. The number of nitrogens with zero attached hydrogens (tertiary/aromatic N) is 1. The third-order valence-corrected chi connectivity index (χ3v) is 2.96. The third kappa shape index (κ3) is 2.96. The number of carbonyl (C=O) groups excluding carboxylic acids is 1. The Morgan fingerprint density at radius 1 is 1.30 bits per heavy atom. The van der Waals surface area contributed by atoms with Gasteiger partial charge >= 0.3 is 0 Å². The molecule has 1 heterocycles. The highest BCUT2D eigenvalue weighted by atomic mass is 19.2. The zero-order chi connectivity index (χ0) is 14.7. The molecule has 6 heteroatoms. The molecular formula is C14H15F2N3O. The highest BCUT2D eigenvalue weighted by Gasteiger charge is 2.16. The predicted octanol–water partition coefficient (Wildman–Crippen LogP) is 2.54. The van der Waals surface area contributed by atoms with Gasteiger partial charge in [0.15, 0.2) is 11.6 Å². The summed E-state index contributed by atoms with van der Waals surface area (Å²) in [5, 5.41) is 0. The van der Waals surface area contributed by atoms with Gasteiger partial charge in [-0.25, -0.2) is 8.78 Å². The van der Waals surface area contributed by atoms with Gasteiger partial charge in [0.2, 0.25) is 0 Å². The summed E-state index contributed by atoms with van der Waals surface area (Å²) in [5.41, 5.74) is 6.92. The molecule has 2 rings (SSSR count). The molecule has 1 aromatic heterocycles. The van der Waals surface area contributed by atoms with Gasteiger partial charge in [-0.15, -0.1) is 0 Å². The fraction of sp³-hybridized carbons (Fsp3) is 0.214. The molecule has 0 bridgehead atoms. The van der Waals surface area contributed by atoms with Crippen LogP contribution in [-0.4, -0.2) is 22.3 Å². The molecule has 0 spiro atoms. The molecule has 1 aromatic carbocycles. The van der Waals surface area contributed by atoms with Gasteiger partial charge in [0.05, 0.1) is 0 Å². The van der Waals surface area contributed by atoms with Gasteiger partial charge in [0.25, 0.3) is 5.91 Å². The number of carbonyl (C=O) groups is 1. The molecule has 0 aliphatic rings. The molecular weight excluding hydrogens is 264 g/mol. The molecule has 2 aromatic rings. The zero-order valence-corrected chi connectivity index (χ0v) is 11.0. The molecule has 0 aliphatic carbocycles. The van der Waals surface area contributed by atoms with Crippen molar-refractivity contribution in [3.8, 4) is 0 Å². The van der Waals surface area contributed by atoms with Crippen LogP contribution in [0.5, 0.6) is 0 Å². The summed E-state index contributed by atoms with van der Waals surface area (Å²) >= 11 is 0. The largest absolute Gasteiger partial charge is 0.397 e. The molecule has 3 N–H and O–H groups in total. The van der Waals surface area contributed by atoms with E-state index in [2.05, 4.69) is 4.98 Å². The van der Waals surface area contributed by atoms with Gasteiger partial charge in [-0.3, -0.25) is 4.79 Å². The van der Waals surface area contributed by atoms with Crippen LogP contribution in [0.2, 0.25) is 0 Å². The number of benzene rings is 1. The van der Waals surface area contributed by atoms with Crippen molar-refractivity contribution in [2.45, 2.75) is 13.5 Å². The Morgan fingerprint density at radius 3 is 2.60 bits per heavy atom. The second-order valence-electron chi connectivity index (χ2n) is 4.41. The minimum Gasteiger partial charge on any atom is -0.397 e. The summed E-state index contributed by atoms with van der Waals surface area (Å²) < 4.78 is 26.0. The van der Waals surface area contributed by atoms with Gasteiger partial charge in [-0.1, -0.05) is 6.07 Å². The quantitative estimate of drug-likeness (QED) is 0.903. The van der Waals surface area contributed by atoms with E-state index in [1.807, 2.05) is 6.92 Å². The maximum Gasteiger partial charge on any atom is 0.270 e. The van der Waals surface area contributed by atoms with Gasteiger partial charge < -0.3 is 15.6 Å². The van der Waals surface area contributed by atoms with Gasteiger partial charge in [0.1, 0.15) is 5.69 Å². The van der Waals surface area contributed by atoms with E-state index < -0.39 is 11.6 Å². The lowest BCUT2D eigenvalue weighted by Crippen LogP contribution is -2.30. The Balaban J connectivity index is 2.16. The van der Waals surface area contributed by atoms with E-state index >= 15 is 0 Å².